The van der Waals surface area contributed by atoms with E-state index in [0.717, 1.165) is 28.0 Å². The molecule has 114 valence electrons. The van der Waals surface area contributed by atoms with Crippen molar-refractivity contribution >= 4 is 46.9 Å². The molecule has 1 aliphatic rings. The molecule has 0 bridgehead atoms. The van der Waals surface area contributed by atoms with Crippen molar-refractivity contribution in [1.29, 1.82) is 0 Å². The number of anilines is 1. The predicted octanol–water partition coefficient (Wildman–Crippen LogP) is 2.27. The van der Waals surface area contributed by atoms with Crippen LogP contribution in [0.4, 0.5) is 5.82 Å². The maximum absolute atomic E-state index is 4.44. The fourth-order valence-corrected chi connectivity index (χ4v) is 4.22. The van der Waals surface area contributed by atoms with E-state index in [0.29, 0.717) is 0 Å². The fraction of sp³-hybridized carbons (Fsp3) is 0.235. The molecule has 23 heavy (non-hydrogen) atoms. The van der Waals surface area contributed by atoms with Gasteiger partial charge >= 0.3 is 0 Å². The maximum atomic E-state index is 4.44. The van der Waals surface area contributed by atoms with Gasteiger partial charge in [0.1, 0.15) is 19.0 Å². The Bertz CT molecular complexity index is 870. The zero-order valence-corrected chi connectivity index (χ0v) is 13.9. The molecule has 0 radical (unpaired) electrons. The first-order valence-electron chi connectivity index (χ1n) is 7.92. The van der Waals surface area contributed by atoms with Crippen LogP contribution in [0.3, 0.4) is 0 Å². The maximum Gasteiger partial charge on any atom is 0.158 e. The molecule has 0 fully saturated rings. The Morgan fingerprint density at radius 1 is 1.13 bits per heavy atom. The van der Waals surface area contributed by atoms with E-state index in [1.807, 2.05) is 6.21 Å². The Labute approximate surface area is 140 Å². The summed E-state index contributed by atoms with van der Waals surface area (Å²) in [5.74, 6) is 0.817. The third-order valence-electron chi connectivity index (χ3n) is 4.21. The summed E-state index contributed by atoms with van der Waals surface area (Å²) >= 11 is 1.80. The highest BCUT2D eigenvalue weighted by Crippen LogP contribution is 2.37. The van der Waals surface area contributed by atoms with Gasteiger partial charge in [-0.15, -0.1) is 11.3 Å². The minimum absolute atomic E-state index is 0.817. The lowest BCUT2D eigenvalue weighted by Crippen LogP contribution is -2.02. The van der Waals surface area contributed by atoms with Gasteiger partial charge in [0, 0.05) is 4.88 Å². The minimum Gasteiger partial charge on any atom is -0.261 e. The molecule has 2 heterocycles. The molecule has 0 saturated carbocycles. The molecular weight excluding hydrogens is 303 g/mol. The lowest BCUT2D eigenvalue weighted by Gasteiger charge is -2.11. The van der Waals surface area contributed by atoms with Crippen LogP contribution in [0.15, 0.2) is 35.7 Å². The number of thiophene rings is 1. The van der Waals surface area contributed by atoms with Crippen molar-refractivity contribution < 1.29 is 0 Å². The molecule has 1 aliphatic carbocycles. The van der Waals surface area contributed by atoms with Gasteiger partial charge in [0.2, 0.25) is 0 Å². The Morgan fingerprint density at radius 2 is 1.96 bits per heavy atom. The van der Waals surface area contributed by atoms with Crippen LogP contribution in [0.2, 0.25) is 0 Å². The van der Waals surface area contributed by atoms with E-state index in [1.54, 1.807) is 17.7 Å². The van der Waals surface area contributed by atoms with E-state index in [9.17, 15) is 0 Å². The highest BCUT2D eigenvalue weighted by molar-refractivity contribution is 7.19. The van der Waals surface area contributed by atoms with Gasteiger partial charge in [-0.1, -0.05) is 29.7 Å². The topological polar surface area (TPSA) is 50.2 Å². The molecule has 0 atom stereocenters. The number of hydrazone groups is 1. The number of hydrogen-bond acceptors (Lipinski definition) is 5. The summed E-state index contributed by atoms with van der Waals surface area (Å²) in [5, 5.41) is 5.52. The molecule has 0 aliphatic heterocycles. The third-order valence-corrected chi connectivity index (χ3v) is 5.41. The van der Waals surface area contributed by atoms with Crippen LogP contribution in [0.5, 0.6) is 0 Å². The van der Waals surface area contributed by atoms with E-state index < -0.39 is 0 Å². The Morgan fingerprint density at radius 3 is 2.83 bits per heavy atom. The molecule has 3 aromatic rings. The molecule has 4 nitrogen and oxygen atoms in total. The van der Waals surface area contributed by atoms with Crippen molar-refractivity contribution in [1.82, 2.24) is 9.97 Å². The number of rotatable bonds is 3. The first kappa shape index (κ1) is 14.4. The van der Waals surface area contributed by atoms with E-state index in [1.165, 1.54) is 35.2 Å². The standard InChI is InChI=1S/C17H17BN4S/c18-12-7-5-11(6-8-12)9-21-22-16-15-13-3-1-2-4-14(13)23-17(15)20-10-19-16/h5-10H,1-4,18H2,(H,19,20,22)/b21-9-. The van der Waals surface area contributed by atoms with Gasteiger partial charge in [-0.25, -0.2) is 9.97 Å². The van der Waals surface area contributed by atoms with E-state index in [2.05, 4.69) is 52.6 Å². The Balaban J connectivity index is 1.63. The normalized spacial score (nSPS) is 14.3. The third kappa shape index (κ3) is 2.86. The average molecular weight is 320 g/mol. The largest absolute Gasteiger partial charge is 0.261 e. The van der Waals surface area contributed by atoms with Gasteiger partial charge in [0.25, 0.3) is 0 Å². The Hall–Kier alpha value is -2.21. The van der Waals surface area contributed by atoms with Crippen molar-refractivity contribution in [3.63, 3.8) is 0 Å². The molecule has 0 spiro atoms. The van der Waals surface area contributed by atoms with Crippen LogP contribution in [-0.2, 0) is 12.8 Å². The molecule has 0 amide bonds. The zero-order chi connectivity index (χ0) is 15.6. The second-order valence-corrected chi connectivity index (χ2v) is 6.98. The number of fused-ring (bicyclic) bond motifs is 3. The van der Waals surface area contributed by atoms with Crippen molar-refractivity contribution in [2.45, 2.75) is 25.7 Å². The molecule has 0 unspecified atom stereocenters. The highest BCUT2D eigenvalue weighted by Gasteiger charge is 2.19. The number of benzene rings is 1. The Kier molecular flexibility index (Phi) is 3.83. The van der Waals surface area contributed by atoms with Crippen LogP contribution in [0.1, 0.15) is 28.8 Å². The quantitative estimate of drug-likeness (QED) is 0.458. The summed E-state index contributed by atoms with van der Waals surface area (Å²) in [6.07, 6.45) is 8.27. The van der Waals surface area contributed by atoms with E-state index in [4.69, 9.17) is 0 Å². The highest BCUT2D eigenvalue weighted by atomic mass is 32.1. The number of aromatic nitrogens is 2. The second kappa shape index (κ2) is 6.12. The SMILES string of the molecule is Bc1ccc(/C=N\Nc2ncnc3sc4c(c23)CCCC4)cc1. The molecule has 4 rings (SSSR count). The number of aryl methyl sites for hydroxylation is 2. The first-order valence-corrected chi connectivity index (χ1v) is 8.74. The fourth-order valence-electron chi connectivity index (χ4n) is 3.00. The van der Waals surface area contributed by atoms with Gasteiger partial charge in [-0.2, -0.15) is 5.10 Å². The second-order valence-electron chi connectivity index (χ2n) is 5.89. The van der Waals surface area contributed by atoms with Crippen molar-refractivity contribution in [3.8, 4) is 0 Å². The lowest BCUT2D eigenvalue weighted by atomic mass is 9.96. The summed E-state index contributed by atoms with van der Waals surface area (Å²) in [7, 11) is 2.08. The number of hydrogen-bond donors (Lipinski definition) is 1. The van der Waals surface area contributed by atoms with Gasteiger partial charge in [0.05, 0.1) is 11.6 Å². The summed E-state index contributed by atoms with van der Waals surface area (Å²) < 4.78 is 0. The monoisotopic (exact) mass is 320 g/mol. The molecule has 1 aromatic carbocycles. The summed E-state index contributed by atoms with van der Waals surface area (Å²) in [5.41, 5.74) is 6.85. The van der Waals surface area contributed by atoms with Crippen molar-refractivity contribution in [3.05, 3.63) is 46.6 Å². The first-order chi connectivity index (χ1) is 11.3. The minimum atomic E-state index is 0.817. The predicted molar refractivity (Wildman–Crippen MR) is 99.9 cm³/mol. The number of nitrogens with zero attached hydrogens (tertiary/aromatic N) is 3. The lowest BCUT2D eigenvalue weighted by molar-refractivity contribution is 0.700. The molecule has 0 saturated heterocycles. The molecule has 6 heteroatoms. The molecule has 1 N–H and O–H groups in total. The van der Waals surface area contributed by atoms with Gasteiger partial charge < -0.3 is 0 Å². The summed E-state index contributed by atoms with van der Waals surface area (Å²) in [6, 6.07) is 8.28. The smallest absolute Gasteiger partial charge is 0.158 e. The van der Waals surface area contributed by atoms with E-state index in [-0.39, 0.29) is 0 Å². The molecular formula is C17H17BN4S. The molecule has 2 aromatic heterocycles. The van der Waals surface area contributed by atoms with Crippen LogP contribution in [-0.4, -0.2) is 24.0 Å². The van der Waals surface area contributed by atoms with Gasteiger partial charge in [0.15, 0.2) is 5.82 Å². The van der Waals surface area contributed by atoms with Crippen LogP contribution in [0, 0.1) is 0 Å². The van der Waals surface area contributed by atoms with E-state index >= 15 is 0 Å². The van der Waals surface area contributed by atoms with Crippen LogP contribution in [0.25, 0.3) is 10.2 Å². The van der Waals surface area contributed by atoms with Crippen LogP contribution >= 0.6 is 11.3 Å². The van der Waals surface area contributed by atoms with Gasteiger partial charge in [-0.05, 0) is 36.8 Å². The number of nitrogens with one attached hydrogen (secondary N) is 1. The summed E-state index contributed by atoms with van der Waals surface area (Å²) in [4.78, 5) is 11.4. The summed E-state index contributed by atoms with van der Waals surface area (Å²) in [6.45, 7) is 0. The van der Waals surface area contributed by atoms with Gasteiger partial charge in [-0.3, -0.25) is 5.43 Å². The van der Waals surface area contributed by atoms with Crippen molar-refractivity contribution in [2.75, 3.05) is 5.43 Å². The average Bonchev–Trinajstić information content (AvgIpc) is 2.96. The zero-order valence-electron chi connectivity index (χ0n) is 13.0. The van der Waals surface area contributed by atoms with Crippen LogP contribution < -0.4 is 10.9 Å². The van der Waals surface area contributed by atoms with Crippen molar-refractivity contribution in [2.24, 2.45) is 5.10 Å².